The quantitative estimate of drug-likeness (QED) is 0.890. The van der Waals surface area contributed by atoms with Gasteiger partial charge in [0.05, 0.1) is 0 Å². The highest BCUT2D eigenvalue weighted by Crippen LogP contribution is 2.29. The van der Waals surface area contributed by atoms with E-state index in [9.17, 15) is 4.79 Å². The Morgan fingerprint density at radius 1 is 1.50 bits per heavy atom. The summed E-state index contributed by atoms with van der Waals surface area (Å²) in [5.74, 6) is 0.0256. The van der Waals surface area contributed by atoms with E-state index in [-0.39, 0.29) is 11.4 Å². The summed E-state index contributed by atoms with van der Waals surface area (Å²) in [6, 6.07) is 1.85. The Kier molecular flexibility index (Phi) is 3.10. The third-order valence-corrected chi connectivity index (χ3v) is 3.76. The number of carbonyl (C=O) groups excluding carboxylic acids is 1. The summed E-state index contributed by atoms with van der Waals surface area (Å²) in [6.45, 7) is 2.13. The molecule has 2 rings (SSSR count). The van der Waals surface area contributed by atoms with E-state index in [4.69, 9.17) is 0 Å². The molecule has 4 heteroatoms. The first-order valence-electron chi connectivity index (χ1n) is 5.65. The maximum atomic E-state index is 12.1. The molecule has 1 aliphatic carbocycles. The van der Waals surface area contributed by atoms with E-state index in [2.05, 4.69) is 28.2 Å². The molecule has 1 saturated carbocycles. The van der Waals surface area contributed by atoms with Crippen LogP contribution in [-0.2, 0) is 7.05 Å². The smallest absolute Gasteiger partial charge is 0.268 e. The third kappa shape index (κ3) is 2.32. The lowest BCUT2D eigenvalue weighted by atomic mass is 10.0. The highest BCUT2D eigenvalue weighted by molar-refractivity contribution is 9.10. The molecule has 16 heavy (non-hydrogen) atoms. The maximum Gasteiger partial charge on any atom is 0.268 e. The van der Waals surface area contributed by atoms with Crippen LogP contribution in [0, 0.1) is 0 Å². The monoisotopic (exact) mass is 284 g/mol. The van der Waals surface area contributed by atoms with E-state index in [1.807, 2.05) is 23.9 Å². The average molecular weight is 285 g/mol. The molecule has 0 bridgehead atoms. The topological polar surface area (TPSA) is 34.0 Å². The summed E-state index contributed by atoms with van der Waals surface area (Å²) in [5, 5.41) is 3.15. The van der Waals surface area contributed by atoms with Crippen molar-refractivity contribution in [3.63, 3.8) is 0 Å². The average Bonchev–Trinajstić information content (AvgIpc) is 2.73. The first kappa shape index (κ1) is 11.7. The van der Waals surface area contributed by atoms with Crippen LogP contribution in [0.4, 0.5) is 0 Å². The van der Waals surface area contributed by atoms with Crippen LogP contribution >= 0.6 is 15.9 Å². The summed E-state index contributed by atoms with van der Waals surface area (Å²) >= 11 is 3.38. The van der Waals surface area contributed by atoms with Gasteiger partial charge in [-0.05, 0) is 41.8 Å². The number of aromatic nitrogens is 1. The number of rotatable bonds is 2. The standard InChI is InChI=1S/C12H17BrN2O/c1-12(5-3-4-6-12)14-11(16)10-7-9(13)8-15(10)2/h7-8H,3-6H2,1-2H3,(H,14,16). The summed E-state index contributed by atoms with van der Waals surface area (Å²) in [6.07, 6.45) is 6.50. The molecular weight excluding hydrogens is 268 g/mol. The lowest BCUT2D eigenvalue weighted by molar-refractivity contribution is 0.0899. The Bertz CT molecular complexity index is 405. The lowest BCUT2D eigenvalue weighted by Crippen LogP contribution is -2.44. The number of nitrogens with one attached hydrogen (secondary N) is 1. The Balaban J connectivity index is 2.11. The van der Waals surface area contributed by atoms with E-state index in [1.54, 1.807) is 0 Å². The van der Waals surface area contributed by atoms with Crippen LogP contribution < -0.4 is 5.32 Å². The fourth-order valence-corrected chi connectivity index (χ4v) is 2.89. The van der Waals surface area contributed by atoms with Crippen molar-refractivity contribution in [2.45, 2.75) is 38.1 Å². The van der Waals surface area contributed by atoms with Crippen molar-refractivity contribution in [2.75, 3.05) is 0 Å². The molecule has 3 nitrogen and oxygen atoms in total. The van der Waals surface area contributed by atoms with Gasteiger partial charge in [0.1, 0.15) is 5.69 Å². The van der Waals surface area contributed by atoms with Crippen molar-refractivity contribution in [3.05, 3.63) is 22.4 Å². The van der Waals surface area contributed by atoms with Gasteiger partial charge in [0.2, 0.25) is 0 Å². The predicted octanol–water partition coefficient (Wildman–Crippen LogP) is 2.85. The summed E-state index contributed by atoms with van der Waals surface area (Å²) in [7, 11) is 1.89. The molecule has 1 fully saturated rings. The van der Waals surface area contributed by atoms with Gasteiger partial charge < -0.3 is 9.88 Å². The van der Waals surface area contributed by atoms with E-state index in [0.29, 0.717) is 5.69 Å². The van der Waals surface area contributed by atoms with Gasteiger partial charge in [-0.2, -0.15) is 0 Å². The van der Waals surface area contributed by atoms with Crippen molar-refractivity contribution in [1.82, 2.24) is 9.88 Å². The van der Waals surface area contributed by atoms with Crippen molar-refractivity contribution in [3.8, 4) is 0 Å². The molecule has 0 aliphatic heterocycles. The van der Waals surface area contributed by atoms with Gasteiger partial charge in [-0.1, -0.05) is 12.8 Å². The molecule has 1 aromatic rings. The van der Waals surface area contributed by atoms with Crippen molar-refractivity contribution in [1.29, 1.82) is 0 Å². The molecule has 0 radical (unpaired) electrons. The van der Waals surface area contributed by atoms with Crippen LogP contribution in [0.2, 0.25) is 0 Å². The first-order chi connectivity index (χ1) is 7.50. The largest absolute Gasteiger partial charge is 0.346 e. The van der Waals surface area contributed by atoms with Crippen LogP contribution in [-0.4, -0.2) is 16.0 Å². The highest BCUT2D eigenvalue weighted by atomic mass is 79.9. The van der Waals surface area contributed by atoms with Crippen molar-refractivity contribution in [2.24, 2.45) is 7.05 Å². The van der Waals surface area contributed by atoms with Gasteiger partial charge in [-0.15, -0.1) is 0 Å². The van der Waals surface area contributed by atoms with Gasteiger partial charge in [-0.25, -0.2) is 0 Å². The lowest BCUT2D eigenvalue weighted by Gasteiger charge is -2.25. The Labute approximate surface area is 104 Å². The number of halogens is 1. The molecule has 1 aliphatic rings. The van der Waals surface area contributed by atoms with Crippen LogP contribution in [0.15, 0.2) is 16.7 Å². The second-order valence-electron chi connectivity index (χ2n) is 4.88. The van der Waals surface area contributed by atoms with E-state index >= 15 is 0 Å². The molecule has 0 atom stereocenters. The SMILES string of the molecule is Cn1cc(Br)cc1C(=O)NC1(C)CCCC1. The van der Waals surface area contributed by atoms with Gasteiger partial charge >= 0.3 is 0 Å². The Morgan fingerprint density at radius 2 is 2.12 bits per heavy atom. The second kappa shape index (κ2) is 4.24. The number of nitrogens with zero attached hydrogens (tertiary/aromatic N) is 1. The zero-order valence-corrected chi connectivity index (χ0v) is 11.3. The fraction of sp³-hybridized carbons (Fsp3) is 0.583. The summed E-state index contributed by atoms with van der Waals surface area (Å²) in [4.78, 5) is 12.1. The molecular formula is C12H17BrN2O. The fourth-order valence-electron chi connectivity index (χ4n) is 2.37. The molecule has 1 heterocycles. The zero-order valence-electron chi connectivity index (χ0n) is 9.72. The summed E-state index contributed by atoms with van der Waals surface area (Å²) < 4.78 is 2.79. The Morgan fingerprint density at radius 3 is 2.62 bits per heavy atom. The van der Waals surface area contributed by atoms with Crippen LogP contribution in [0.25, 0.3) is 0 Å². The highest BCUT2D eigenvalue weighted by Gasteiger charge is 2.30. The molecule has 0 spiro atoms. The zero-order chi connectivity index (χ0) is 11.8. The molecule has 0 aromatic carbocycles. The maximum absolute atomic E-state index is 12.1. The minimum absolute atomic E-state index is 0.00612. The first-order valence-corrected chi connectivity index (χ1v) is 6.44. The van der Waals surface area contributed by atoms with Gasteiger partial charge in [-0.3, -0.25) is 4.79 Å². The van der Waals surface area contributed by atoms with Crippen LogP contribution in [0.1, 0.15) is 43.1 Å². The molecule has 1 aromatic heterocycles. The van der Waals surface area contributed by atoms with Crippen LogP contribution in [0.3, 0.4) is 0 Å². The third-order valence-electron chi connectivity index (χ3n) is 3.33. The number of carbonyl (C=O) groups is 1. The Hall–Kier alpha value is -0.770. The number of amides is 1. The molecule has 0 unspecified atom stereocenters. The number of hydrogen-bond donors (Lipinski definition) is 1. The molecule has 1 amide bonds. The number of hydrogen-bond acceptors (Lipinski definition) is 1. The van der Waals surface area contributed by atoms with Crippen LogP contribution in [0.5, 0.6) is 0 Å². The minimum atomic E-state index is -0.00612. The van der Waals surface area contributed by atoms with Gasteiger partial charge in [0.25, 0.3) is 5.91 Å². The number of aryl methyl sites for hydroxylation is 1. The second-order valence-corrected chi connectivity index (χ2v) is 5.79. The normalized spacial score (nSPS) is 18.7. The van der Waals surface area contributed by atoms with E-state index in [0.717, 1.165) is 17.3 Å². The minimum Gasteiger partial charge on any atom is -0.346 e. The predicted molar refractivity (Wildman–Crippen MR) is 67.5 cm³/mol. The molecule has 88 valence electrons. The van der Waals surface area contributed by atoms with Gasteiger partial charge in [0, 0.05) is 23.3 Å². The molecule has 1 N–H and O–H groups in total. The molecule has 0 saturated heterocycles. The van der Waals surface area contributed by atoms with E-state index in [1.165, 1.54) is 12.8 Å². The van der Waals surface area contributed by atoms with Crippen molar-refractivity contribution >= 4 is 21.8 Å². The van der Waals surface area contributed by atoms with Crippen molar-refractivity contribution < 1.29 is 4.79 Å². The van der Waals surface area contributed by atoms with E-state index < -0.39 is 0 Å². The summed E-state index contributed by atoms with van der Waals surface area (Å²) in [5.41, 5.74) is 0.702. The van der Waals surface area contributed by atoms with Gasteiger partial charge in [0.15, 0.2) is 0 Å².